The number of anilines is 3. The molecule has 0 spiro atoms. The van der Waals surface area contributed by atoms with Gasteiger partial charge in [-0.3, -0.25) is 0 Å². The number of fused-ring (bicyclic) bond motifs is 1. The van der Waals surface area contributed by atoms with E-state index in [0.717, 1.165) is 17.1 Å². The van der Waals surface area contributed by atoms with Gasteiger partial charge in [0.2, 0.25) is 0 Å². The average Bonchev–Trinajstić information content (AvgIpc) is 3.25. The summed E-state index contributed by atoms with van der Waals surface area (Å²) in [7, 11) is 0. The quantitative estimate of drug-likeness (QED) is 0.155. The van der Waals surface area contributed by atoms with Gasteiger partial charge in [0.25, 0.3) is 0 Å². The highest BCUT2D eigenvalue weighted by atomic mass is 15.1. The average molecular weight is 676 g/mol. The molecule has 0 aliphatic rings. The van der Waals surface area contributed by atoms with Crippen LogP contribution in [-0.2, 0) is 0 Å². The van der Waals surface area contributed by atoms with Crippen LogP contribution in [0.25, 0.3) is 66.4 Å². The molecule has 1 nitrogen and oxygen atoms in total. The molecule has 0 aliphatic carbocycles. The lowest BCUT2D eigenvalue weighted by atomic mass is 9.95. The molecule has 0 amide bonds. The molecule has 53 heavy (non-hydrogen) atoms. The first kappa shape index (κ1) is 32.0. The summed E-state index contributed by atoms with van der Waals surface area (Å²) in [5.41, 5.74) is 15.3. The summed E-state index contributed by atoms with van der Waals surface area (Å²) in [6.07, 6.45) is 0. The Morgan fingerprint density at radius 2 is 0.623 bits per heavy atom. The van der Waals surface area contributed by atoms with Gasteiger partial charge in [0.15, 0.2) is 0 Å². The summed E-state index contributed by atoms with van der Waals surface area (Å²) >= 11 is 0. The summed E-state index contributed by atoms with van der Waals surface area (Å²) in [5.74, 6) is 0. The Labute approximate surface area is 311 Å². The molecular formula is C52H37N. The van der Waals surface area contributed by atoms with Gasteiger partial charge in [-0.1, -0.05) is 182 Å². The summed E-state index contributed by atoms with van der Waals surface area (Å²) in [4.78, 5) is 2.37. The standard InChI is InChI=1S/C52H37N/c1-3-13-38(14-4-1)40-27-29-41(30-28-40)46-21-11-24-50(37-46)53(49-23-10-20-45(36-49)39-15-5-2-6-16-39)48-33-31-42(32-34-48)44-19-9-22-47(35-44)52-26-12-18-43-17-7-8-25-51(43)52/h1-37H. The predicted octanol–water partition coefficient (Wildman–Crippen LogP) is 14.6. The number of benzene rings is 9. The van der Waals surface area contributed by atoms with Crippen LogP contribution in [0.2, 0.25) is 0 Å². The topological polar surface area (TPSA) is 3.24 Å². The fourth-order valence-electron chi connectivity index (χ4n) is 7.36. The smallest absolute Gasteiger partial charge is 0.0467 e. The van der Waals surface area contributed by atoms with Crippen LogP contribution in [0.1, 0.15) is 0 Å². The van der Waals surface area contributed by atoms with E-state index in [9.17, 15) is 0 Å². The highest BCUT2D eigenvalue weighted by Crippen LogP contribution is 2.40. The summed E-state index contributed by atoms with van der Waals surface area (Å²) in [5, 5.41) is 2.52. The van der Waals surface area contributed by atoms with Crippen molar-refractivity contribution in [1.29, 1.82) is 0 Å². The van der Waals surface area contributed by atoms with Gasteiger partial charge < -0.3 is 4.90 Å². The van der Waals surface area contributed by atoms with Gasteiger partial charge in [-0.05, 0) is 109 Å². The van der Waals surface area contributed by atoms with E-state index in [1.54, 1.807) is 0 Å². The molecule has 0 unspecified atom stereocenters. The Kier molecular flexibility index (Phi) is 8.66. The van der Waals surface area contributed by atoms with Crippen molar-refractivity contribution in [2.45, 2.75) is 0 Å². The maximum Gasteiger partial charge on any atom is 0.0467 e. The van der Waals surface area contributed by atoms with Crippen molar-refractivity contribution in [2.24, 2.45) is 0 Å². The van der Waals surface area contributed by atoms with Crippen molar-refractivity contribution in [2.75, 3.05) is 4.90 Å². The first-order valence-corrected chi connectivity index (χ1v) is 18.2. The maximum absolute atomic E-state index is 2.37. The summed E-state index contributed by atoms with van der Waals surface area (Å²) in [6, 6.07) is 80.8. The van der Waals surface area contributed by atoms with Crippen LogP contribution in [0.4, 0.5) is 17.1 Å². The summed E-state index contributed by atoms with van der Waals surface area (Å²) in [6.45, 7) is 0. The maximum atomic E-state index is 2.37. The van der Waals surface area contributed by atoms with Crippen molar-refractivity contribution in [1.82, 2.24) is 0 Å². The Morgan fingerprint density at radius 1 is 0.226 bits per heavy atom. The fraction of sp³-hybridized carbons (Fsp3) is 0. The molecule has 0 bridgehead atoms. The van der Waals surface area contributed by atoms with Gasteiger partial charge in [-0.15, -0.1) is 0 Å². The van der Waals surface area contributed by atoms with Gasteiger partial charge >= 0.3 is 0 Å². The number of hydrogen-bond donors (Lipinski definition) is 0. The molecule has 0 N–H and O–H groups in total. The van der Waals surface area contributed by atoms with Crippen molar-refractivity contribution in [3.63, 3.8) is 0 Å². The Bertz CT molecular complexity index is 2640. The van der Waals surface area contributed by atoms with E-state index >= 15 is 0 Å². The number of hydrogen-bond acceptors (Lipinski definition) is 1. The van der Waals surface area contributed by atoms with Gasteiger partial charge in [0.1, 0.15) is 0 Å². The van der Waals surface area contributed by atoms with Gasteiger partial charge in [-0.2, -0.15) is 0 Å². The molecule has 0 heterocycles. The third-order valence-electron chi connectivity index (χ3n) is 10.1. The molecule has 0 aliphatic heterocycles. The van der Waals surface area contributed by atoms with Crippen LogP contribution in [0.5, 0.6) is 0 Å². The second-order valence-corrected chi connectivity index (χ2v) is 13.4. The molecular weight excluding hydrogens is 639 g/mol. The molecule has 9 aromatic carbocycles. The molecule has 9 rings (SSSR count). The lowest BCUT2D eigenvalue weighted by molar-refractivity contribution is 1.28. The van der Waals surface area contributed by atoms with Gasteiger partial charge in [0.05, 0.1) is 0 Å². The molecule has 250 valence electrons. The van der Waals surface area contributed by atoms with E-state index in [0.29, 0.717) is 0 Å². The SMILES string of the molecule is c1ccc(-c2ccc(-c3cccc(N(c4ccc(-c5cccc(-c6cccc7ccccc67)c5)cc4)c4cccc(-c5ccccc5)c4)c3)cc2)cc1. The Balaban J connectivity index is 1.09. The third-order valence-corrected chi connectivity index (χ3v) is 10.1. The second-order valence-electron chi connectivity index (χ2n) is 13.4. The molecule has 9 aromatic rings. The highest BCUT2D eigenvalue weighted by Gasteiger charge is 2.15. The molecule has 0 saturated heterocycles. The minimum Gasteiger partial charge on any atom is -0.310 e. The Morgan fingerprint density at radius 3 is 1.25 bits per heavy atom. The molecule has 0 atom stereocenters. The molecule has 0 fully saturated rings. The second kappa shape index (κ2) is 14.3. The van der Waals surface area contributed by atoms with Gasteiger partial charge in [0, 0.05) is 17.1 Å². The van der Waals surface area contributed by atoms with Crippen molar-refractivity contribution in [3.05, 3.63) is 224 Å². The van der Waals surface area contributed by atoms with E-state index in [1.165, 1.54) is 66.4 Å². The lowest BCUT2D eigenvalue weighted by Gasteiger charge is -2.27. The zero-order valence-electron chi connectivity index (χ0n) is 29.3. The monoisotopic (exact) mass is 675 g/mol. The Hall–Kier alpha value is -6.96. The zero-order chi connectivity index (χ0) is 35.4. The molecule has 0 saturated carbocycles. The van der Waals surface area contributed by atoms with E-state index in [1.807, 2.05) is 0 Å². The molecule has 1 heteroatoms. The number of nitrogens with zero attached hydrogens (tertiary/aromatic N) is 1. The molecule has 0 radical (unpaired) electrons. The highest BCUT2D eigenvalue weighted by molar-refractivity contribution is 5.97. The van der Waals surface area contributed by atoms with Crippen LogP contribution in [-0.4, -0.2) is 0 Å². The number of rotatable bonds is 8. The summed E-state index contributed by atoms with van der Waals surface area (Å²) < 4.78 is 0. The van der Waals surface area contributed by atoms with Crippen molar-refractivity contribution >= 4 is 27.8 Å². The van der Waals surface area contributed by atoms with E-state index < -0.39 is 0 Å². The van der Waals surface area contributed by atoms with E-state index in [2.05, 4.69) is 229 Å². The van der Waals surface area contributed by atoms with Crippen LogP contribution in [0, 0.1) is 0 Å². The first-order valence-electron chi connectivity index (χ1n) is 18.2. The van der Waals surface area contributed by atoms with Gasteiger partial charge in [-0.25, -0.2) is 0 Å². The lowest BCUT2D eigenvalue weighted by Crippen LogP contribution is -2.10. The van der Waals surface area contributed by atoms with Crippen molar-refractivity contribution in [3.8, 4) is 55.6 Å². The normalized spacial score (nSPS) is 11.0. The van der Waals surface area contributed by atoms with Crippen LogP contribution < -0.4 is 4.90 Å². The van der Waals surface area contributed by atoms with Crippen LogP contribution >= 0.6 is 0 Å². The van der Waals surface area contributed by atoms with E-state index in [-0.39, 0.29) is 0 Å². The van der Waals surface area contributed by atoms with E-state index in [4.69, 9.17) is 0 Å². The largest absolute Gasteiger partial charge is 0.310 e. The molecule has 0 aromatic heterocycles. The van der Waals surface area contributed by atoms with Crippen LogP contribution in [0.15, 0.2) is 224 Å². The van der Waals surface area contributed by atoms with Crippen LogP contribution in [0.3, 0.4) is 0 Å². The minimum atomic E-state index is 1.10. The fourth-order valence-corrected chi connectivity index (χ4v) is 7.36. The predicted molar refractivity (Wildman–Crippen MR) is 226 cm³/mol. The minimum absolute atomic E-state index is 1.10. The zero-order valence-corrected chi connectivity index (χ0v) is 29.3. The van der Waals surface area contributed by atoms with Crippen molar-refractivity contribution < 1.29 is 0 Å². The first-order chi connectivity index (χ1) is 26.3. The third kappa shape index (κ3) is 6.65.